The second-order valence-electron chi connectivity index (χ2n) is 5.02. The van der Waals surface area contributed by atoms with Crippen molar-refractivity contribution in [2.24, 2.45) is 0 Å². The van der Waals surface area contributed by atoms with E-state index in [0.29, 0.717) is 6.04 Å². The Morgan fingerprint density at radius 3 is 2.57 bits per heavy atom. The van der Waals surface area contributed by atoms with Gasteiger partial charge in [0.25, 0.3) is 0 Å². The van der Waals surface area contributed by atoms with Gasteiger partial charge in [-0.15, -0.1) is 0 Å². The van der Waals surface area contributed by atoms with Gasteiger partial charge in [0.05, 0.1) is 7.11 Å². The van der Waals surface area contributed by atoms with Crippen LogP contribution in [0.25, 0.3) is 0 Å². The second-order valence-corrected chi connectivity index (χ2v) is 5.45. The molecule has 0 aliphatic carbocycles. The predicted molar refractivity (Wildman–Crippen MR) is 89.2 cm³/mol. The van der Waals surface area contributed by atoms with Gasteiger partial charge in [0.2, 0.25) is 0 Å². The maximum Gasteiger partial charge on any atom is 0.122 e. The molecular weight excluding hydrogens is 282 g/mol. The highest BCUT2D eigenvalue weighted by Gasteiger charge is 2.12. The summed E-state index contributed by atoms with van der Waals surface area (Å²) in [6, 6.07) is 16.7. The Balaban J connectivity index is 2.10. The minimum Gasteiger partial charge on any atom is -0.496 e. The third kappa shape index (κ3) is 4.48. The Morgan fingerprint density at radius 2 is 1.90 bits per heavy atom. The largest absolute Gasteiger partial charge is 0.496 e. The first kappa shape index (κ1) is 15.9. The quantitative estimate of drug-likeness (QED) is 0.805. The Hall–Kier alpha value is -1.51. The van der Waals surface area contributed by atoms with E-state index in [1.54, 1.807) is 7.11 Å². The molecular formula is C18H22ClNO. The van der Waals surface area contributed by atoms with E-state index in [1.165, 1.54) is 5.56 Å². The highest BCUT2D eigenvalue weighted by molar-refractivity contribution is 6.30. The fourth-order valence-corrected chi connectivity index (χ4v) is 2.76. The number of methoxy groups -OCH3 is 1. The number of ether oxygens (including phenoxy) is 1. The van der Waals surface area contributed by atoms with Gasteiger partial charge < -0.3 is 10.1 Å². The van der Waals surface area contributed by atoms with Gasteiger partial charge in [-0.2, -0.15) is 0 Å². The van der Waals surface area contributed by atoms with Crippen LogP contribution in [-0.2, 0) is 6.42 Å². The van der Waals surface area contributed by atoms with Crippen LogP contribution in [-0.4, -0.2) is 13.7 Å². The number of hydrogen-bond acceptors (Lipinski definition) is 2. The molecule has 0 saturated heterocycles. The van der Waals surface area contributed by atoms with Crippen molar-refractivity contribution < 1.29 is 4.74 Å². The van der Waals surface area contributed by atoms with Gasteiger partial charge in [-0.25, -0.2) is 0 Å². The van der Waals surface area contributed by atoms with E-state index in [1.807, 2.05) is 24.3 Å². The second kappa shape index (κ2) is 8.06. The molecule has 0 fully saturated rings. The Morgan fingerprint density at radius 1 is 1.14 bits per heavy atom. The molecule has 1 unspecified atom stereocenters. The van der Waals surface area contributed by atoms with Crippen LogP contribution in [0.15, 0.2) is 48.5 Å². The molecule has 2 aromatic carbocycles. The maximum absolute atomic E-state index is 6.10. The van der Waals surface area contributed by atoms with Crippen molar-refractivity contribution in [3.8, 4) is 5.75 Å². The summed E-state index contributed by atoms with van der Waals surface area (Å²) in [6.45, 7) is 3.09. The molecule has 112 valence electrons. The molecule has 0 aromatic heterocycles. The molecule has 0 bridgehead atoms. The normalized spacial score (nSPS) is 12.1. The fourth-order valence-electron chi connectivity index (χ4n) is 2.56. The molecule has 0 aliphatic heterocycles. The smallest absolute Gasteiger partial charge is 0.122 e. The van der Waals surface area contributed by atoms with Crippen molar-refractivity contribution in [1.82, 2.24) is 5.32 Å². The average molecular weight is 304 g/mol. The van der Waals surface area contributed by atoms with Crippen LogP contribution in [0.1, 0.15) is 30.5 Å². The van der Waals surface area contributed by atoms with E-state index in [9.17, 15) is 0 Å². The first-order valence-corrected chi connectivity index (χ1v) is 7.73. The van der Waals surface area contributed by atoms with Crippen molar-refractivity contribution in [3.05, 3.63) is 64.7 Å². The zero-order valence-electron chi connectivity index (χ0n) is 12.6. The van der Waals surface area contributed by atoms with Crippen molar-refractivity contribution in [3.63, 3.8) is 0 Å². The first-order valence-electron chi connectivity index (χ1n) is 7.35. The van der Waals surface area contributed by atoms with Crippen LogP contribution in [0, 0.1) is 0 Å². The maximum atomic E-state index is 6.10. The average Bonchev–Trinajstić information content (AvgIpc) is 2.52. The van der Waals surface area contributed by atoms with E-state index in [-0.39, 0.29) is 0 Å². The minimum absolute atomic E-state index is 0.347. The lowest BCUT2D eigenvalue weighted by Crippen LogP contribution is -2.21. The third-order valence-electron chi connectivity index (χ3n) is 3.60. The monoisotopic (exact) mass is 303 g/mol. The highest BCUT2D eigenvalue weighted by atomic mass is 35.5. The van der Waals surface area contributed by atoms with Gasteiger partial charge in [0.1, 0.15) is 5.75 Å². The summed E-state index contributed by atoms with van der Waals surface area (Å²) in [5.74, 6) is 0.905. The van der Waals surface area contributed by atoms with E-state index in [0.717, 1.165) is 35.7 Å². The molecule has 3 heteroatoms. The number of halogens is 1. The van der Waals surface area contributed by atoms with Crippen LogP contribution in [0.2, 0.25) is 5.02 Å². The summed E-state index contributed by atoms with van der Waals surface area (Å²) in [6.07, 6.45) is 1.94. The summed E-state index contributed by atoms with van der Waals surface area (Å²) in [5, 5.41) is 4.30. The van der Waals surface area contributed by atoms with Crippen LogP contribution in [0.5, 0.6) is 5.75 Å². The van der Waals surface area contributed by atoms with Crippen LogP contribution in [0.4, 0.5) is 0 Å². The number of nitrogens with one attached hydrogen (secondary N) is 1. The SMILES string of the molecule is CCNC(CCc1cc(Cl)ccc1OC)c1ccccc1. The van der Waals surface area contributed by atoms with Gasteiger partial charge in [-0.3, -0.25) is 0 Å². The van der Waals surface area contributed by atoms with Gasteiger partial charge >= 0.3 is 0 Å². The molecule has 0 spiro atoms. The molecule has 0 heterocycles. The summed E-state index contributed by atoms with van der Waals surface area (Å²) in [4.78, 5) is 0. The first-order chi connectivity index (χ1) is 10.2. The molecule has 0 saturated carbocycles. The van der Waals surface area contributed by atoms with Crippen LogP contribution in [0.3, 0.4) is 0 Å². The molecule has 0 aliphatic rings. The number of rotatable bonds is 7. The van der Waals surface area contributed by atoms with Gasteiger partial charge in [-0.05, 0) is 48.7 Å². The summed E-state index contributed by atoms with van der Waals surface area (Å²) >= 11 is 6.10. The highest BCUT2D eigenvalue weighted by Crippen LogP contribution is 2.26. The van der Waals surface area contributed by atoms with E-state index < -0.39 is 0 Å². The van der Waals surface area contributed by atoms with E-state index in [4.69, 9.17) is 16.3 Å². The Bertz CT molecular complexity index is 556. The summed E-state index contributed by atoms with van der Waals surface area (Å²) in [7, 11) is 1.70. The molecule has 0 radical (unpaired) electrons. The Labute approximate surface area is 132 Å². The molecule has 21 heavy (non-hydrogen) atoms. The lowest BCUT2D eigenvalue weighted by Gasteiger charge is -2.19. The summed E-state index contributed by atoms with van der Waals surface area (Å²) < 4.78 is 5.42. The fraction of sp³-hybridized carbons (Fsp3) is 0.333. The van der Waals surface area contributed by atoms with Crippen LogP contribution < -0.4 is 10.1 Å². The summed E-state index contributed by atoms with van der Waals surface area (Å²) in [5.41, 5.74) is 2.48. The van der Waals surface area contributed by atoms with Crippen molar-refractivity contribution in [2.75, 3.05) is 13.7 Å². The van der Waals surface area contributed by atoms with Crippen molar-refractivity contribution >= 4 is 11.6 Å². The minimum atomic E-state index is 0.347. The van der Waals surface area contributed by atoms with Gasteiger partial charge in [-0.1, -0.05) is 48.9 Å². The molecule has 1 atom stereocenters. The van der Waals surface area contributed by atoms with Crippen molar-refractivity contribution in [1.29, 1.82) is 0 Å². The molecule has 0 amide bonds. The predicted octanol–water partition coefficient (Wildman–Crippen LogP) is 4.63. The van der Waals surface area contributed by atoms with Gasteiger partial charge in [0, 0.05) is 11.1 Å². The topological polar surface area (TPSA) is 21.3 Å². The zero-order valence-corrected chi connectivity index (χ0v) is 13.4. The number of hydrogen-bond donors (Lipinski definition) is 1. The number of aryl methyl sites for hydroxylation is 1. The third-order valence-corrected chi connectivity index (χ3v) is 3.83. The van der Waals surface area contributed by atoms with Crippen LogP contribution >= 0.6 is 11.6 Å². The molecule has 2 nitrogen and oxygen atoms in total. The lowest BCUT2D eigenvalue weighted by atomic mass is 9.98. The molecule has 2 aromatic rings. The molecule has 2 rings (SSSR count). The standard InChI is InChI=1S/C18H22ClNO/c1-3-20-17(14-7-5-4-6-8-14)11-9-15-13-16(19)10-12-18(15)21-2/h4-8,10,12-13,17,20H,3,9,11H2,1-2H3. The zero-order chi connectivity index (χ0) is 15.1. The number of benzene rings is 2. The van der Waals surface area contributed by atoms with Crippen molar-refractivity contribution in [2.45, 2.75) is 25.8 Å². The van der Waals surface area contributed by atoms with Gasteiger partial charge in [0.15, 0.2) is 0 Å². The molecule has 1 N–H and O–H groups in total. The van der Waals surface area contributed by atoms with E-state index in [2.05, 4.69) is 36.5 Å². The van der Waals surface area contributed by atoms with E-state index >= 15 is 0 Å². The Kier molecular flexibility index (Phi) is 6.09. The lowest BCUT2D eigenvalue weighted by molar-refractivity contribution is 0.407.